The third-order valence-corrected chi connectivity index (χ3v) is 3.37. The zero-order valence-electron chi connectivity index (χ0n) is 13.2. The topological polar surface area (TPSA) is 38.3 Å². The van der Waals surface area contributed by atoms with Crippen molar-refractivity contribution in [3.8, 4) is 5.75 Å². The lowest BCUT2D eigenvalue weighted by molar-refractivity contribution is -0.111. The van der Waals surface area contributed by atoms with E-state index in [2.05, 4.69) is 31.3 Å². The van der Waals surface area contributed by atoms with E-state index in [1.54, 1.807) is 19.3 Å². The molecule has 0 heterocycles. The average Bonchev–Trinajstić information content (AvgIpc) is 2.53. The Bertz CT molecular complexity index is 657. The number of carbonyl (C=O) groups is 1. The van der Waals surface area contributed by atoms with E-state index in [4.69, 9.17) is 4.74 Å². The van der Waals surface area contributed by atoms with Crippen LogP contribution in [0.3, 0.4) is 0 Å². The molecule has 0 aromatic heterocycles. The molecule has 0 radical (unpaired) electrons. The van der Waals surface area contributed by atoms with Crippen LogP contribution in [0.4, 0.5) is 5.69 Å². The van der Waals surface area contributed by atoms with Gasteiger partial charge in [-0.3, -0.25) is 4.79 Å². The molecule has 0 bridgehead atoms. The fraction of sp³-hybridized carbons (Fsp3) is 0.211. The van der Waals surface area contributed by atoms with Crippen LogP contribution in [0, 0.1) is 0 Å². The standard InChI is InChI=1S/C19H21NO2/c1-14(2)16-10-7-15(8-11-16)9-12-19(21)20-17-5-4-6-18(13-17)22-3/h4-14H,1-3H3,(H,20,21). The first-order valence-corrected chi connectivity index (χ1v) is 7.31. The van der Waals surface area contributed by atoms with Gasteiger partial charge in [0, 0.05) is 17.8 Å². The molecule has 0 aliphatic heterocycles. The Morgan fingerprint density at radius 2 is 1.86 bits per heavy atom. The summed E-state index contributed by atoms with van der Waals surface area (Å²) >= 11 is 0. The SMILES string of the molecule is COc1cccc(NC(=O)C=Cc2ccc(C(C)C)cc2)c1. The number of benzene rings is 2. The summed E-state index contributed by atoms with van der Waals surface area (Å²) in [6, 6.07) is 15.5. The van der Waals surface area contributed by atoms with Crippen LogP contribution in [0.2, 0.25) is 0 Å². The molecule has 3 nitrogen and oxygen atoms in total. The van der Waals surface area contributed by atoms with Crippen molar-refractivity contribution in [2.24, 2.45) is 0 Å². The number of hydrogen-bond acceptors (Lipinski definition) is 2. The summed E-state index contributed by atoms with van der Waals surface area (Å²) in [5.41, 5.74) is 3.01. The zero-order chi connectivity index (χ0) is 15.9. The third kappa shape index (κ3) is 4.48. The second-order valence-electron chi connectivity index (χ2n) is 5.38. The molecule has 2 aromatic rings. The number of ether oxygens (including phenoxy) is 1. The molecule has 0 atom stereocenters. The van der Waals surface area contributed by atoms with Gasteiger partial charge in [-0.1, -0.05) is 44.2 Å². The maximum absolute atomic E-state index is 11.9. The summed E-state index contributed by atoms with van der Waals surface area (Å²) in [5.74, 6) is 1.06. The molecule has 3 heteroatoms. The Hall–Kier alpha value is -2.55. The van der Waals surface area contributed by atoms with Crippen LogP contribution >= 0.6 is 0 Å². The van der Waals surface area contributed by atoms with E-state index in [1.807, 2.05) is 30.3 Å². The molecular weight excluding hydrogens is 274 g/mol. The van der Waals surface area contributed by atoms with Gasteiger partial charge in [0.25, 0.3) is 0 Å². The summed E-state index contributed by atoms with van der Waals surface area (Å²) in [7, 11) is 1.60. The van der Waals surface area contributed by atoms with Crippen molar-refractivity contribution in [1.82, 2.24) is 0 Å². The van der Waals surface area contributed by atoms with Gasteiger partial charge in [0.2, 0.25) is 5.91 Å². The number of rotatable bonds is 5. The Kier molecular flexibility index (Phi) is 5.37. The predicted molar refractivity (Wildman–Crippen MR) is 91.2 cm³/mol. The van der Waals surface area contributed by atoms with Gasteiger partial charge >= 0.3 is 0 Å². The van der Waals surface area contributed by atoms with Crippen LogP contribution in [0.15, 0.2) is 54.6 Å². The van der Waals surface area contributed by atoms with E-state index < -0.39 is 0 Å². The second-order valence-corrected chi connectivity index (χ2v) is 5.38. The Labute approximate surface area is 131 Å². The molecule has 22 heavy (non-hydrogen) atoms. The Morgan fingerprint density at radius 1 is 1.14 bits per heavy atom. The first kappa shape index (κ1) is 15.8. The highest BCUT2D eigenvalue weighted by atomic mass is 16.5. The van der Waals surface area contributed by atoms with E-state index in [0.717, 1.165) is 5.56 Å². The molecule has 0 saturated heterocycles. The van der Waals surface area contributed by atoms with Gasteiger partial charge in [0.1, 0.15) is 5.75 Å². The van der Waals surface area contributed by atoms with Crippen molar-refractivity contribution in [2.45, 2.75) is 19.8 Å². The van der Waals surface area contributed by atoms with Gasteiger partial charge in [-0.05, 0) is 35.3 Å². The maximum Gasteiger partial charge on any atom is 0.248 e. The summed E-state index contributed by atoms with van der Waals surface area (Å²) < 4.78 is 5.13. The van der Waals surface area contributed by atoms with E-state index in [9.17, 15) is 4.79 Å². The van der Waals surface area contributed by atoms with Crippen molar-refractivity contribution >= 4 is 17.7 Å². The van der Waals surface area contributed by atoms with Crippen LogP contribution in [0.25, 0.3) is 6.08 Å². The fourth-order valence-electron chi connectivity index (χ4n) is 2.05. The normalized spacial score (nSPS) is 10.9. The minimum Gasteiger partial charge on any atom is -0.497 e. The van der Waals surface area contributed by atoms with E-state index in [0.29, 0.717) is 17.4 Å². The van der Waals surface area contributed by atoms with Crippen LogP contribution < -0.4 is 10.1 Å². The first-order chi connectivity index (χ1) is 10.6. The molecule has 0 spiro atoms. The molecular formula is C19H21NO2. The van der Waals surface area contributed by atoms with Gasteiger partial charge in [0.15, 0.2) is 0 Å². The fourth-order valence-corrected chi connectivity index (χ4v) is 2.05. The molecule has 2 aromatic carbocycles. The Morgan fingerprint density at radius 3 is 2.50 bits per heavy atom. The maximum atomic E-state index is 11.9. The predicted octanol–water partition coefficient (Wildman–Crippen LogP) is 4.47. The largest absolute Gasteiger partial charge is 0.497 e. The number of nitrogens with one attached hydrogen (secondary N) is 1. The van der Waals surface area contributed by atoms with Crippen molar-refractivity contribution < 1.29 is 9.53 Å². The minimum absolute atomic E-state index is 0.166. The summed E-state index contributed by atoms with van der Waals surface area (Å²) in [4.78, 5) is 11.9. The molecule has 0 saturated carbocycles. The van der Waals surface area contributed by atoms with Crippen LogP contribution in [-0.4, -0.2) is 13.0 Å². The lowest BCUT2D eigenvalue weighted by Crippen LogP contribution is -2.07. The number of amides is 1. The van der Waals surface area contributed by atoms with E-state index >= 15 is 0 Å². The third-order valence-electron chi connectivity index (χ3n) is 3.37. The lowest BCUT2D eigenvalue weighted by Gasteiger charge is -2.05. The van der Waals surface area contributed by atoms with E-state index in [-0.39, 0.29) is 5.91 Å². The van der Waals surface area contributed by atoms with Crippen molar-refractivity contribution in [3.05, 3.63) is 65.7 Å². The number of methoxy groups -OCH3 is 1. The molecule has 0 unspecified atom stereocenters. The molecule has 0 aliphatic carbocycles. The lowest BCUT2D eigenvalue weighted by atomic mass is 10.0. The van der Waals surface area contributed by atoms with Crippen molar-refractivity contribution in [3.63, 3.8) is 0 Å². The van der Waals surface area contributed by atoms with Gasteiger partial charge < -0.3 is 10.1 Å². The summed E-state index contributed by atoms with van der Waals surface area (Å²) in [6.45, 7) is 4.32. The summed E-state index contributed by atoms with van der Waals surface area (Å²) in [5, 5.41) is 2.81. The number of anilines is 1. The molecule has 0 aliphatic rings. The first-order valence-electron chi connectivity index (χ1n) is 7.31. The molecule has 1 amide bonds. The zero-order valence-corrected chi connectivity index (χ0v) is 13.2. The molecule has 114 valence electrons. The van der Waals surface area contributed by atoms with Gasteiger partial charge in [-0.25, -0.2) is 0 Å². The highest BCUT2D eigenvalue weighted by molar-refractivity contribution is 6.02. The monoisotopic (exact) mass is 295 g/mol. The quantitative estimate of drug-likeness (QED) is 0.826. The average molecular weight is 295 g/mol. The van der Waals surface area contributed by atoms with Crippen LogP contribution in [0.1, 0.15) is 30.9 Å². The van der Waals surface area contributed by atoms with Gasteiger partial charge in [-0.15, -0.1) is 0 Å². The number of carbonyl (C=O) groups excluding carboxylic acids is 1. The van der Waals surface area contributed by atoms with Crippen molar-refractivity contribution in [1.29, 1.82) is 0 Å². The number of hydrogen-bond donors (Lipinski definition) is 1. The molecule has 0 fully saturated rings. The highest BCUT2D eigenvalue weighted by Crippen LogP contribution is 2.17. The molecule has 2 rings (SSSR count). The van der Waals surface area contributed by atoms with Crippen molar-refractivity contribution in [2.75, 3.05) is 12.4 Å². The van der Waals surface area contributed by atoms with E-state index in [1.165, 1.54) is 11.6 Å². The minimum atomic E-state index is -0.166. The van der Waals surface area contributed by atoms with Crippen LogP contribution in [-0.2, 0) is 4.79 Å². The smallest absolute Gasteiger partial charge is 0.248 e. The molecule has 1 N–H and O–H groups in total. The van der Waals surface area contributed by atoms with Crippen LogP contribution in [0.5, 0.6) is 5.75 Å². The highest BCUT2D eigenvalue weighted by Gasteiger charge is 2.00. The Balaban J connectivity index is 1.98. The summed E-state index contributed by atoms with van der Waals surface area (Å²) in [6.07, 6.45) is 3.34. The van der Waals surface area contributed by atoms with Gasteiger partial charge in [0.05, 0.1) is 7.11 Å². The van der Waals surface area contributed by atoms with Gasteiger partial charge in [-0.2, -0.15) is 0 Å². The second kappa shape index (κ2) is 7.46.